The molecule has 5 nitrogen and oxygen atoms in total. The van der Waals surface area contributed by atoms with Crippen LogP contribution in [0.1, 0.15) is 48.2 Å². The maximum atomic E-state index is 13.4. The monoisotopic (exact) mass is 404 g/mol. The number of likely N-dealkylation sites (tertiary alicyclic amines) is 1. The molecule has 148 valence electrons. The minimum absolute atomic E-state index is 0.175. The molecule has 5 rings (SSSR count). The third-order valence-corrected chi connectivity index (χ3v) is 6.77. The number of carbonyl (C=O) groups is 1. The van der Waals surface area contributed by atoms with Crippen molar-refractivity contribution < 1.29 is 4.79 Å². The molecule has 2 heterocycles. The Kier molecular flexibility index (Phi) is 5.10. The fraction of sp³-hybridized carbons (Fsp3) is 0.348. The molecule has 2 fully saturated rings. The van der Waals surface area contributed by atoms with Crippen LogP contribution in [0, 0.1) is 0 Å². The van der Waals surface area contributed by atoms with Gasteiger partial charge in [0.05, 0.1) is 0 Å². The minimum Gasteiger partial charge on any atom is -0.341 e. The van der Waals surface area contributed by atoms with Crippen molar-refractivity contribution in [2.45, 2.75) is 42.0 Å². The number of hydrogen-bond donors (Lipinski definition) is 0. The molecule has 0 bridgehead atoms. The predicted molar refractivity (Wildman–Crippen MR) is 114 cm³/mol. The number of aromatic nitrogens is 3. The van der Waals surface area contributed by atoms with Crippen LogP contribution in [0.15, 0.2) is 65.8 Å². The van der Waals surface area contributed by atoms with Gasteiger partial charge in [0.2, 0.25) is 5.91 Å². The summed E-state index contributed by atoms with van der Waals surface area (Å²) in [6, 6.07) is 20.3. The van der Waals surface area contributed by atoms with Crippen molar-refractivity contribution in [3.05, 3.63) is 72.1 Å². The van der Waals surface area contributed by atoms with Crippen LogP contribution in [0.3, 0.4) is 0 Å². The number of benzene rings is 2. The smallest absolute Gasteiger partial charge is 0.240 e. The van der Waals surface area contributed by atoms with Gasteiger partial charge in [-0.15, -0.1) is 10.2 Å². The van der Waals surface area contributed by atoms with E-state index in [-0.39, 0.29) is 11.2 Å². The zero-order valence-corrected chi connectivity index (χ0v) is 17.1. The number of amides is 1. The highest BCUT2D eigenvalue weighted by molar-refractivity contribution is 8.00. The summed E-state index contributed by atoms with van der Waals surface area (Å²) in [6.07, 6.45) is 4.49. The van der Waals surface area contributed by atoms with Gasteiger partial charge in [0.15, 0.2) is 5.16 Å². The van der Waals surface area contributed by atoms with Gasteiger partial charge in [-0.3, -0.25) is 9.36 Å². The molecule has 1 saturated heterocycles. The van der Waals surface area contributed by atoms with Crippen molar-refractivity contribution in [1.82, 2.24) is 19.7 Å². The van der Waals surface area contributed by atoms with Crippen LogP contribution in [-0.4, -0.2) is 38.7 Å². The van der Waals surface area contributed by atoms with Gasteiger partial charge in [0.1, 0.15) is 11.1 Å². The van der Waals surface area contributed by atoms with Gasteiger partial charge in [0.25, 0.3) is 0 Å². The summed E-state index contributed by atoms with van der Waals surface area (Å²) in [6.45, 7) is 1.70. The molecule has 2 aliphatic rings. The van der Waals surface area contributed by atoms with E-state index in [4.69, 9.17) is 0 Å². The first-order valence-electron chi connectivity index (χ1n) is 10.3. The van der Waals surface area contributed by atoms with E-state index in [2.05, 4.69) is 26.9 Å². The first-order valence-corrected chi connectivity index (χ1v) is 11.2. The first kappa shape index (κ1) is 18.4. The van der Waals surface area contributed by atoms with E-state index in [1.165, 1.54) is 11.8 Å². The molecular formula is C23H24N4OS. The Balaban J connectivity index is 1.53. The molecule has 3 aromatic rings. The second-order valence-corrected chi connectivity index (χ2v) is 8.80. The number of nitrogens with zero attached hydrogens (tertiary/aromatic N) is 4. The van der Waals surface area contributed by atoms with E-state index in [0.717, 1.165) is 61.0 Å². The summed E-state index contributed by atoms with van der Waals surface area (Å²) in [4.78, 5) is 15.4. The predicted octanol–water partition coefficient (Wildman–Crippen LogP) is 4.60. The molecule has 1 atom stereocenters. The normalized spacial score (nSPS) is 17.4. The number of carbonyl (C=O) groups excluding carboxylic acids is 1. The Hall–Kier alpha value is -2.60. The molecule has 0 unspecified atom stereocenters. The van der Waals surface area contributed by atoms with E-state index in [0.29, 0.717) is 5.92 Å². The molecule has 1 aliphatic carbocycles. The van der Waals surface area contributed by atoms with Gasteiger partial charge in [0, 0.05) is 24.7 Å². The summed E-state index contributed by atoms with van der Waals surface area (Å²) < 4.78 is 2.15. The Morgan fingerprint density at radius 2 is 1.59 bits per heavy atom. The van der Waals surface area contributed by atoms with Crippen molar-refractivity contribution in [2.75, 3.05) is 13.1 Å². The molecule has 29 heavy (non-hydrogen) atoms. The molecule has 6 heteroatoms. The topological polar surface area (TPSA) is 51.0 Å². The quantitative estimate of drug-likeness (QED) is 0.564. The molecule has 1 aliphatic heterocycles. The average Bonchev–Trinajstić information content (AvgIpc) is 3.30. The molecule has 1 saturated carbocycles. The number of rotatable bonds is 6. The van der Waals surface area contributed by atoms with Crippen LogP contribution >= 0.6 is 11.8 Å². The minimum atomic E-state index is -0.312. The number of para-hydroxylation sites is 1. The number of thioether (sulfide) groups is 1. The fourth-order valence-corrected chi connectivity index (χ4v) is 5.03. The first-order chi connectivity index (χ1) is 14.3. The van der Waals surface area contributed by atoms with E-state index >= 15 is 0 Å². The van der Waals surface area contributed by atoms with Crippen molar-refractivity contribution in [1.29, 1.82) is 0 Å². The maximum Gasteiger partial charge on any atom is 0.240 e. The lowest BCUT2D eigenvalue weighted by atomic mass is 10.1. The second-order valence-electron chi connectivity index (χ2n) is 7.73. The van der Waals surface area contributed by atoms with Crippen LogP contribution in [-0.2, 0) is 4.79 Å². The van der Waals surface area contributed by atoms with Gasteiger partial charge >= 0.3 is 0 Å². The number of hydrogen-bond acceptors (Lipinski definition) is 4. The Morgan fingerprint density at radius 1 is 0.931 bits per heavy atom. The van der Waals surface area contributed by atoms with E-state index in [1.807, 2.05) is 53.4 Å². The summed E-state index contributed by atoms with van der Waals surface area (Å²) in [5.41, 5.74) is 2.08. The second kappa shape index (κ2) is 8.03. The third-order valence-electron chi connectivity index (χ3n) is 5.58. The fourth-order valence-electron chi connectivity index (χ4n) is 3.88. The molecule has 2 aromatic carbocycles. The van der Waals surface area contributed by atoms with Crippen molar-refractivity contribution in [3.8, 4) is 5.69 Å². The van der Waals surface area contributed by atoms with Gasteiger partial charge in [-0.05, 0) is 43.4 Å². The molecule has 0 radical (unpaired) electrons. The van der Waals surface area contributed by atoms with Gasteiger partial charge < -0.3 is 4.90 Å². The summed E-state index contributed by atoms with van der Waals surface area (Å²) in [7, 11) is 0. The van der Waals surface area contributed by atoms with Crippen LogP contribution in [0.4, 0.5) is 0 Å². The third kappa shape index (κ3) is 3.81. The zero-order chi connectivity index (χ0) is 19.6. The highest BCUT2D eigenvalue weighted by Gasteiger charge is 2.34. The average molecular weight is 405 g/mol. The lowest BCUT2D eigenvalue weighted by Gasteiger charge is -2.23. The zero-order valence-electron chi connectivity index (χ0n) is 16.3. The Morgan fingerprint density at radius 3 is 2.24 bits per heavy atom. The van der Waals surface area contributed by atoms with Gasteiger partial charge in [-0.2, -0.15) is 0 Å². The summed E-state index contributed by atoms with van der Waals surface area (Å²) in [5, 5.41) is 9.54. The standard InChI is InChI=1S/C23H24N4OS/c28-22(26-15-7-8-16-26)20(17-9-3-1-4-10-17)29-23-25-24-21(18-13-14-18)27(23)19-11-5-2-6-12-19/h1-6,9-12,18,20H,7-8,13-16H2/t20-/m0/s1. The molecule has 1 amide bonds. The molecule has 0 N–H and O–H groups in total. The van der Waals surface area contributed by atoms with Gasteiger partial charge in [-0.25, -0.2) is 0 Å². The van der Waals surface area contributed by atoms with E-state index < -0.39 is 0 Å². The lowest BCUT2D eigenvalue weighted by molar-refractivity contribution is -0.129. The Labute approximate surface area is 175 Å². The molecule has 0 spiro atoms. The van der Waals surface area contributed by atoms with E-state index in [1.54, 1.807) is 0 Å². The van der Waals surface area contributed by atoms with Crippen molar-refractivity contribution in [2.24, 2.45) is 0 Å². The van der Waals surface area contributed by atoms with Crippen LogP contribution in [0.25, 0.3) is 5.69 Å². The highest BCUT2D eigenvalue weighted by atomic mass is 32.2. The largest absolute Gasteiger partial charge is 0.341 e. The summed E-state index contributed by atoms with van der Waals surface area (Å²) in [5.74, 6) is 1.66. The SMILES string of the molecule is O=C([C@@H](Sc1nnc(C2CC2)n1-c1ccccc1)c1ccccc1)N1CCCC1. The highest BCUT2D eigenvalue weighted by Crippen LogP contribution is 2.43. The van der Waals surface area contributed by atoms with Gasteiger partial charge in [-0.1, -0.05) is 60.3 Å². The summed E-state index contributed by atoms with van der Waals surface area (Å²) >= 11 is 1.52. The lowest BCUT2D eigenvalue weighted by Crippen LogP contribution is -2.31. The van der Waals surface area contributed by atoms with Crippen LogP contribution in [0.2, 0.25) is 0 Å². The molecule has 1 aromatic heterocycles. The van der Waals surface area contributed by atoms with Crippen molar-refractivity contribution in [3.63, 3.8) is 0 Å². The van der Waals surface area contributed by atoms with Crippen molar-refractivity contribution >= 4 is 17.7 Å². The van der Waals surface area contributed by atoms with Crippen LogP contribution in [0.5, 0.6) is 0 Å². The molecular weight excluding hydrogens is 380 g/mol. The van der Waals surface area contributed by atoms with Crippen LogP contribution < -0.4 is 0 Å². The Bertz CT molecular complexity index is 979. The maximum absolute atomic E-state index is 13.4. The van der Waals surface area contributed by atoms with E-state index in [9.17, 15) is 4.79 Å².